The quantitative estimate of drug-likeness (QED) is 0.670. The number of nitrogens with one attached hydrogen (secondary N) is 1. The van der Waals surface area contributed by atoms with Gasteiger partial charge in [0.15, 0.2) is 0 Å². The van der Waals surface area contributed by atoms with Gasteiger partial charge in [0.25, 0.3) is 5.91 Å². The van der Waals surface area contributed by atoms with Crippen molar-refractivity contribution < 1.29 is 4.79 Å². The fraction of sp³-hybridized carbons (Fsp3) is 0.417. The summed E-state index contributed by atoms with van der Waals surface area (Å²) in [6, 6.07) is 5.29. The molecule has 1 amide bonds. The van der Waals surface area contributed by atoms with Crippen LogP contribution in [-0.4, -0.2) is 12.5 Å². The van der Waals surface area contributed by atoms with Gasteiger partial charge in [0, 0.05) is 17.9 Å². The van der Waals surface area contributed by atoms with E-state index < -0.39 is 5.91 Å². The molecule has 1 aromatic carbocycles. The van der Waals surface area contributed by atoms with E-state index in [0.717, 1.165) is 24.1 Å². The van der Waals surface area contributed by atoms with Crippen molar-refractivity contribution >= 4 is 17.3 Å². The molecule has 4 heteroatoms. The first kappa shape index (κ1) is 10.8. The zero-order chi connectivity index (χ0) is 11.7. The standard InChI is InChI=1S/C12H17N3O/c1-7-4-8(7)6-15-9-2-3-11(13)10(5-9)12(14)16/h2-3,5,7-8,15H,4,6,13H2,1H3,(H2,14,16). The molecule has 16 heavy (non-hydrogen) atoms. The first-order chi connectivity index (χ1) is 7.58. The van der Waals surface area contributed by atoms with Gasteiger partial charge in [-0.2, -0.15) is 0 Å². The van der Waals surface area contributed by atoms with Crippen LogP contribution >= 0.6 is 0 Å². The number of primary amides is 1. The van der Waals surface area contributed by atoms with Gasteiger partial charge in [0.05, 0.1) is 5.56 Å². The first-order valence-corrected chi connectivity index (χ1v) is 5.51. The Hall–Kier alpha value is -1.71. The maximum Gasteiger partial charge on any atom is 0.250 e. The summed E-state index contributed by atoms with van der Waals surface area (Å²) in [5.74, 6) is 1.09. The first-order valence-electron chi connectivity index (χ1n) is 5.51. The molecule has 1 aromatic rings. The lowest BCUT2D eigenvalue weighted by atomic mass is 10.1. The number of carbonyl (C=O) groups is 1. The largest absolute Gasteiger partial charge is 0.398 e. The summed E-state index contributed by atoms with van der Waals surface area (Å²) in [4.78, 5) is 11.1. The van der Waals surface area contributed by atoms with Gasteiger partial charge >= 0.3 is 0 Å². The van der Waals surface area contributed by atoms with Crippen molar-refractivity contribution in [3.05, 3.63) is 23.8 Å². The average Bonchev–Trinajstić information content (AvgIpc) is 2.93. The number of hydrogen-bond acceptors (Lipinski definition) is 3. The maximum absolute atomic E-state index is 11.1. The molecule has 0 heterocycles. The number of nitrogen functional groups attached to an aromatic ring is 1. The highest BCUT2D eigenvalue weighted by Crippen LogP contribution is 2.37. The van der Waals surface area contributed by atoms with E-state index in [9.17, 15) is 4.79 Å². The lowest BCUT2D eigenvalue weighted by molar-refractivity contribution is 0.100. The molecule has 4 nitrogen and oxygen atoms in total. The topological polar surface area (TPSA) is 81.1 Å². The number of rotatable bonds is 4. The molecule has 0 bridgehead atoms. The molecule has 0 aliphatic heterocycles. The Balaban J connectivity index is 2.04. The molecule has 0 saturated heterocycles. The molecule has 0 radical (unpaired) electrons. The fourth-order valence-electron chi connectivity index (χ4n) is 1.81. The second-order valence-corrected chi connectivity index (χ2v) is 4.52. The van der Waals surface area contributed by atoms with Gasteiger partial charge in [0.2, 0.25) is 0 Å². The summed E-state index contributed by atoms with van der Waals surface area (Å²) in [5, 5.41) is 3.30. The second kappa shape index (κ2) is 4.04. The van der Waals surface area contributed by atoms with E-state index in [1.165, 1.54) is 6.42 Å². The SMILES string of the molecule is CC1CC1CNc1ccc(N)c(C(N)=O)c1. The smallest absolute Gasteiger partial charge is 0.250 e. The van der Waals surface area contributed by atoms with Crippen LogP contribution in [0.5, 0.6) is 0 Å². The van der Waals surface area contributed by atoms with E-state index in [-0.39, 0.29) is 0 Å². The Labute approximate surface area is 95.0 Å². The Morgan fingerprint density at radius 3 is 2.81 bits per heavy atom. The van der Waals surface area contributed by atoms with Crippen molar-refractivity contribution in [3.63, 3.8) is 0 Å². The third-order valence-electron chi connectivity index (χ3n) is 3.16. The molecule has 1 aliphatic rings. The van der Waals surface area contributed by atoms with Crippen molar-refractivity contribution in [2.75, 3.05) is 17.6 Å². The normalized spacial score (nSPS) is 22.8. The number of carbonyl (C=O) groups excluding carboxylic acids is 1. The van der Waals surface area contributed by atoms with Crippen LogP contribution in [0.1, 0.15) is 23.7 Å². The molecule has 5 N–H and O–H groups in total. The second-order valence-electron chi connectivity index (χ2n) is 4.52. The summed E-state index contributed by atoms with van der Waals surface area (Å²) >= 11 is 0. The Kier molecular flexibility index (Phi) is 2.73. The highest BCUT2D eigenvalue weighted by molar-refractivity contribution is 5.98. The van der Waals surface area contributed by atoms with Crippen LogP contribution in [0.15, 0.2) is 18.2 Å². The van der Waals surface area contributed by atoms with Crippen molar-refractivity contribution in [3.8, 4) is 0 Å². The van der Waals surface area contributed by atoms with Gasteiger partial charge in [-0.1, -0.05) is 6.92 Å². The zero-order valence-corrected chi connectivity index (χ0v) is 9.36. The molecule has 86 valence electrons. The number of hydrogen-bond donors (Lipinski definition) is 3. The molecule has 0 aromatic heterocycles. The van der Waals surface area contributed by atoms with E-state index in [4.69, 9.17) is 11.5 Å². The summed E-state index contributed by atoms with van der Waals surface area (Å²) in [6.07, 6.45) is 1.28. The molecule has 0 spiro atoms. The van der Waals surface area contributed by atoms with E-state index in [1.807, 2.05) is 6.07 Å². The van der Waals surface area contributed by atoms with Crippen molar-refractivity contribution in [2.24, 2.45) is 17.6 Å². The molecule has 2 rings (SSSR count). The monoisotopic (exact) mass is 219 g/mol. The molecule has 2 unspecified atom stereocenters. The molecular formula is C12H17N3O. The molecule has 1 fully saturated rings. The van der Waals surface area contributed by atoms with Crippen LogP contribution in [0, 0.1) is 11.8 Å². The average molecular weight is 219 g/mol. The highest BCUT2D eigenvalue weighted by Gasteiger charge is 2.31. The summed E-state index contributed by atoms with van der Waals surface area (Å²) in [5.41, 5.74) is 12.6. The minimum atomic E-state index is -0.485. The van der Waals surface area contributed by atoms with Gasteiger partial charge in [0.1, 0.15) is 0 Å². The Bertz CT molecular complexity index is 417. The molecular weight excluding hydrogens is 202 g/mol. The van der Waals surface area contributed by atoms with Crippen molar-refractivity contribution in [1.29, 1.82) is 0 Å². The zero-order valence-electron chi connectivity index (χ0n) is 9.36. The minimum absolute atomic E-state index is 0.383. The van der Waals surface area contributed by atoms with Crippen LogP contribution in [0.2, 0.25) is 0 Å². The predicted molar refractivity (Wildman–Crippen MR) is 65.1 cm³/mol. The number of anilines is 2. The van der Waals surface area contributed by atoms with Gasteiger partial charge in [-0.25, -0.2) is 0 Å². The Morgan fingerprint density at radius 1 is 1.56 bits per heavy atom. The third kappa shape index (κ3) is 2.27. The van der Waals surface area contributed by atoms with Crippen LogP contribution in [0.3, 0.4) is 0 Å². The van der Waals surface area contributed by atoms with Crippen molar-refractivity contribution in [2.45, 2.75) is 13.3 Å². The van der Waals surface area contributed by atoms with Gasteiger partial charge < -0.3 is 16.8 Å². The van der Waals surface area contributed by atoms with Crippen LogP contribution < -0.4 is 16.8 Å². The van der Waals surface area contributed by atoms with Gasteiger partial charge in [-0.05, 0) is 36.5 Å². The number of amides is 1. The molecule has 1 aliphatic carbocycles. The van der Waals surface area contributed by atoms with E-state index in [2.05, 4.69) is 12.2 Å². The highest BCUT2D eigenvalue weighted by atomic mass is 16.1. The van der Waals surface area contributed by atoms with Gasteiger partial charge in [-0.15, -0.1) is 0 Å². The lowest BCUT2D eigenvalue weighted by Gasteiger charge is -2.08. The van der Waals surface area contributed by atoms with Crippen LogP contribution in [0.4, 0.5) is 11.4 Å². The molecule has 2 atom stereocenters. The third-order valence-corrected chi connectivity index (χ3v) is 3.16. The number of nitrogens with two attached hydrogens (primary N) is 2. The van der Waals surface area contributed by atoms with E-state index in [1.54, 1.807) is 12.1 Å². The predicted octanol–water partition coefficient (Wildman–Crippen LogP) is 1.44. The Morgan fingerprint density at radius 2 is 2.25 bits per heavy atom. The molecule has 1 saturated carbocycles. The van der Waals surface area contributed by atoms with Crippen LogP contribution in [0.25, 0.3) is 0 Å². The van der Waals surface area contributed by atoms with Gasteiger partial charge in [-0.3, -0.25) is 4.79 Å². The summed E-state index contributed by atoms with van der Waals surface area (Å²) in [6.45, 7) is 3.19. The minimum Gasteiger partial charge on any atom is -0.398 e. The maximum atomic E-state index is 11.1. The van der Waals surface area contributed by atoms with Crippen molar-refractivity contribution in [1.82, 2.24) is 0 Å². The lowest BCUT2D eigenvalue weighted by Crippen LogP contribution is -2.14. The van der Waals surface area contributed by atoms with Crippen LogP contribution in [-0.2, 0) is 0 Å². The van der Waals surface area contributed by atoms with E-state index >= 15 is 0 Å². The fourth-order valence-corrected chi connectivity index (χ4v) is 1.81. The van der Waals surface area contributed by atoms with E-state index in [0.29, 0.717) is 11.3 Å². The number of benzene rings is 1. The summed E-state index contributed by atoms with van der Waals surface area (Å²) in [7, 11) is 0. The summed E-state index contributed by atoms with van der Waals surface area (Å²) < 4.78 is 0.